The number of amides is 1. The van der Waals surface area contributed by atoms with Crippen molar-refractivity contribution in [3.05, 3.63) is 45.5 Å². The molecule has 18 heavy (non-hydrogen) atoms. The molecule has 0 saturated carbocycles. The second-order valence-corrected chi connectivity index (χ2v) is 4.03. The van der Waals surface area contributed by atoms with Crippen LogP contribution in [0.2, 0.25) is 0 Å². The molecule has 0 aliphatic carbocycles. The average molecular weight is 248 g/mol. The van der Waals surface area contributed by atoms with E-state index in [1.807, 2.05) is 25.1 Å². The Bertz CT molecular complexity index is 481. The molecule has 0 spiro atoms. The number of nitrogens with one attached hydrogen (secondary N) is 1. The number of carbonyl (C=O) groups excluding carboxylic acids is 1. The maximum Gasteiger partial charge on any atom is 0.270 e. The van der Waals surface area contributed by atoms with Crippen molar-refractivity contribution in [3.8, 4) is 0 Å². The number of aryl methyl sites for hydroxylation is 1. The van der Waals surface area contributed by atoms with Crippen molar-refractivity contribution in [1.29, 1.82) is 0 Å². The Morgan fingerprint density at radius 1 is 1.44 bits per heavy atom. The molecule has 1 N–H and O–H groups in total. The number of carbonyl (C=O) groups is 1. The summed E-state index contributed by atoms with van der Waals surface area (Å²) >= 11 is 0. The molecule has 0 radical (unpaired) electrons. The van der Waals surface area contributed by atoms with Crippen molar-refractivity contribution < 1.29 is 9.72 Å². The Balaban J connectivity index is 2.64. The van der Waals surface area contributed by atoms with E-state index < -0.39 is 4.92 Å². The fourth-order valence-electron chi connectivity index (χ4n) is 1.54. The highest BCUT2D eigenvalue weighted by Gasteiger charge is 2.06. The van der Waals surface area contributed by atoms with Gasteiger partial charge in [0.05, 0.1) is 4.92 Å². The smallest absolute Gasteiger partial charge is 0.270 e. The average Bonchev–Trinajstić information content (AvgIpc) is 2.27. The molecule has 96 valence electrons. The molecule has 0 fully saturated rings. The molecule has 1 aromatic carbocycles. The van der Waals surface area contributed by atoms with Gasteiger partial charge in [-0.1, -0.05) is 18.2 Å². The Labute approximate surface area is 106 Å². The fraction of sp³-hybridized carbons (Fsp3) is 0.308. The van der Waals surface area contributed by atoms with Crippen LogP contribution >= 0.6 is 0 Å². The van der Waals surface area contributed by atoms with Gasteiger partial charge in [0.15, 0.2) is 0 Å². The standard InChI is InChI=1S/C13H16N2O3/c1-10-7-12(9-13(8-10)15(17)18)5-3-4-6-14-11(2)16/h3,5,7-9H,4,6H2,1-2H3,(H,14,16). The molecular weight excluding hydrogens is 232 g/mol. The van der Waals surface area contributed by atoms with Crippen molar-refractivity contribution in [2.75, 3.05) is 6.54 Å². The minimum absolute atomic E-state index is 0.0606. The van der Waals surface area contributed by atoms with E-state index in [0.29, 0.717) is 13.0 Å². The van der Waals surface area contributed by atoms with Gasteiger partial charge in [-0.05, 0) is 24.5 Å². The predicted molar refractivity (Wildman–Crippen MR) is 70.2 cm³/mol. The Morgan fingerprint density at radius 3 is 2.78 bits per heavy atom. The van der Waals surface area contributed by atoms with Gasteiger partial charge in [-0.15, -0.1) is 0 Å². The first-order valence-electron chi connectivity index (χ1n) is 5.66. The van der Waals surface area contributed by atoms with Crippen molar-refractivity contribution in [2.24, 2.45) is 0 Å². The molecule has 1 aromatic rings. The number of nitrogens with zero attached hydrogens (tertiary/aromatic N) is 1. The third-order valence-corrected chi connectivity index (χ3v) is 2.29. The number of nitro benzene ring substituents is 1. The summed E-state index contributed by atoms with van der Waals surface area (Å²) < 4.78 is 0. The predicted octanol–water partition coefficient (Wildman–Crippen LogP) is 2.44. The number of nitro groups is 1. The van der Waals surface area contributed by atoms with Crippen LogP contribution in [-0.4, -0.2) is 17.4 Å². The summed E-state index contributed by atoms with van der Waals surface area (Å²) in [5.41, 5.74) is 1.74. The normalized spacial score (nSPS) is 10.6. The SMILES string of the molecule is CC(=O)NCCC=Cc1cc(C)cc([N+](=O)[O-])c1. The van der Waals surface area contributed by atoms with Crippen LogP contribution in [-0.2, 0) is 4.79 Å². The highest BCUT2D eigenvalue weighted by atomic mass is 16.6. The Morgan fingerprint density at radius 2 is 2.17 bits per heavy atom. The van der Waals surface area contributed by atoms with Crippen LogP contribution < -0.4 is 5.32 Å². The molecule has 0 bridgehead atoms. The lowest BCUT2D eigenvalue weighted by atomic mass is 10.1. The maximum atomic E-state index is 10.7. The van der Waals surface area contributed by atoms with Gasteiger partial charge in [-0.2, -0.15) is 0 Å². The van der Waals surface area contributed by atoms with E-state index in [4.69, 9.17) is 0 Å². The van der Waals surface area contributed by atoms with Gasteiger partial charge in [0.1, 0.15) is 0 Å². The van der Waals surface area contributed by atoms with Gasteiger partial charge in [-0.3, -0.25) is 14.9 Å². The van der Waals surface area contributed by atoms with Gasteiger partial charge in [-0.25, -0.2) is 0 Å². The fourth-order valence-corrected chi connectivity index (χ4v) is 1.54. The summed E-state index contributed by atoms with van der Waals surface area (Å²) in [6.07, 6.45) is 4.40. The lowest BCUT2D eigenvalue weighted by Crippen LogP contribution is -2.20. The van der Waals surface area contributed by atoms with Gasteiger partial charge < -0.3 is 5.32 Å². The van der Waals surface area contributed by atoms with E-state index in [9.17, 15) is 14.9 Å². The lowest BCUT2D eigenvalue weighted by Gasteiger charge is -1.99. The Hall–Kier alpha value is -2.17. The summed E-state index contributed by atoms with van der Waals surface area (Å²) in [5, 5.41) is 13.4. The van der Waals surface area contributed by atoms with Crippen LogP contribution in [0, 0.1) is 17.0 Å². The first-order chi connectivity index (χ1) is 8.49. The van der Waals surface area contributed by atoms with Gasteiger partial charge in [0.2, 0.25) is 5.91 Å². The largest absolute Gasteiger partial charge is 0.356 e. The summed E-state index contributed by atoms with van der Waals surface area (Å²) in [7, 11) is 0. The molecule has 5 nitrogen and oxygen atoms in total. The summed E-state index contributed by atoms with van der Waals surface area (Å²) in [4.78, 5) is 20.9. The van der Waals surface area contributed by atoms with E-state index in [1.54, 1.807) is 0 Å². The number of rotatable bonds is 5. The molecule has 0 aliphatic rings. The quantitative estimate of drug-likeness (QED) is 0.494. The van der Waals surface area contributed by atoms with Crippen molar-refractivity contribution in [3.63, 3.8) is 0 Å². The van der Waals surface area contributed by atoms with E-state index in [0.717, 1.165) is 11.1 Å². The molecule has 0 saturated heterocycles. The van der Waals surface area contributed by atoms with E-state index in [1.165, 1.54) is 19.1 Å². The first-order valence-corrected chi connectivity index (χ1v) is 5.66. The highest BCUT2D eigenvalue weighted by molar-refractivity contribution is 5.72. The van der Waals surface area contributed by atoms with Crippen LogP contribution in [0.4, 0.5) is 5.69 Å². The molecule has 1 rings (SSSR count). The highest BCUT2D eigenvalue weighted by Crippen LogP contribution is 2.17. The number of benzene rings is 1. The van der Waals surface area contributed by atoms with Crippen molar-refractivity contribution in [2.45, 2.75) is 20.3 Å². The third kappa shape index (κ3) is 4.78. The van der Waals surface area contributed by atoms with E-state index in [2.05, 4.69) is 5.32 Å². The van der Waals surface area contributed by atoms with Crippen LogP contribution in [0.5, 0.6) is 0 Å². The maximum absolute atomic E-state index is 10.7. The van der Waals surface area contributed by atoms with Crippen LogP contribution in [0.15, 0.2) is 24.3 Å². The second kappa shape index (κ2) is 6.54. The number of non-ortho nitro benzene ring substituents is 1. The molecular formula is C13H16N2O3. The second-order valence-electron chi connectivity index (χ2n) is 4.03. The molecule has 5 heteroatoms. The summed E-state index contributed by atoms with van der Waals surface area (Å²) in [6.45, 7) is 3.86. The number of hydrogen-bond acceptors (Lipinski definition) is 3. The van der Waals surface area contributed by atoms with E-state index in [-0.39, 0.29) is 11.6 Å². The number of hydrogen-bond donors (Lipinski definition) is 1. The zero-order chi connectivity index (χ0) is 13.5. The zero-order valence-corrected chi connectivity index (χ0v) is 10.5. The van der Waals surface area contributed by atoms with Crippen molar-refractivity contribution in [1.82, 2.24) is 5.32 Å². The van der Waals surface area contributed by atoms with E-state index >= 15 is 0 Å². The summed E-state index contributed by atoms with van der Waals surface area (Å²) in [5.74, 6) is -0.0606. The summed E-state index contributed by atoms with van der Waals surface area (Å²) in [6, 6.07) is 4.94. The monoisotopic (exact) mass is 248 g/mol. The zero-order valence-electron chi connectivity index (χ0n) is 10.5. The van der Waals surface area contributed by atoms with Crippen LogP contribution in [0.1, 0.15) is 24.5 Å². The molecule has 1 amide bonds. The minimum atomic E-state index is -0.401. The minimum Gasteiger partial charge on any atom is -0.356 e. The topological polar surface area (TPSA) is 72.2 Å². The first kappa shape index (κ1) is 13.9. The van der Waals surface area contributed by atoms with Crippen LogP contribution in [0.3, 0.4) is 0 Å². The molecule has 0 atom stereocenters. The van der Waals surface area contributed by atoms with Crippen LogP contribution in [0.25, 0.3) is 6.08 Å². The van der Waals surface area contributed by atoms with Gasteiger partial charge >= 0.3 is 0 Å². The lowest BCUT2D eigenvalue weighted by molar-refractivity contribution is -0.384. The van der Waals surface area contributed by atoms with Gasteiger partial charge in [0, 0.05) is 25.6 Å². The molecule has 0 heterocycles. The molecule has 0 aromatic heterocycles. The third-order valence-electron chi connectivity index (χ3n) is 2.29. The Kier molecular flexibility index (Phi) is 5.05. The van der Waals surface area contributed by atoms with Gasteiger partial charge in [0.25, 0.3) is 5.69 Å². The van der Waals surface area contributed by atoms with Crippen molar-refractivity contribution >= 4 is 17.7 Å². The molecule has 0 aliphatic heterocycles. The molecule has 0 unspecified atom stereocenters.